The second-order valence-electron chi connectivity index (χ2n) is 4.19. The van der Waals surface area contributed by atoms with Crippen LogP contribution < -0.4 is 4.74 Å². The molecule has 0 aliphatic rings. The van der Waals surface area contributed by atoms with E-state index >= 15 is 0 Å². The molecule has 0 heterocycles. The maximum absolute atomic E-state index is 11.5. The molecule has 1 aromatic carbocycles. The maximum atomic E-state index is 11.5. The van der Waals surface area contributed by atoms with E-state index in [2.05, 4.69) is 0 Å². The first kappa shape index (κ1) is 13.3. The molecule has 1 N–H and O–H groups in total. The van der Waals surface area contributed by atoms with E-state index in [0.717, 1.165) is 5.56 Å². The van der Waals surface area contributed by atoms with Gasteiger partial charge < -0.3 is 9.84 Å². The van der Waals surface area contributed by atoms with Gasteiger partial charge >= 0.3 is 0 Å². The first-order valence-electron chi connectivity index (χ1n) is 5.50. The normalized spacial score (nSPS) is 9.88. The van der Waals surface area contributed by atoms with Gasteiger partial charge in [-0.1, -0.05) is 17.7 Å². The summed E-state index contributed by atoms with van der Waals surface area (Å²) < 4.78 is 5.07. The van der Waals surface area contributed by atoms with Gasteiger partial charge in [-0.25, -0.2) is 0 Å². The maximum Gasteiger partial charge on any atom is 0.167 e. The number of phenols is 1. The number of Topliss-reactive ketones (excluding diaryl/α,β-unsaturated/α-hetero) is 1. The van der Waals surface area contributed by atoms with Crippen molar-refractivity contribution in [2.24, 2.45) is 0 Å². The zero-order chi connectivity index (χ0) is 13.0. The molecule has 0 aromatic heterocycles. The van der Waals surface area contributed by atoms with Crippen molar-refractivity contribution < 1.29 is 14.6 Å². The average Bonchev–Trinajstić information content (AvgIpc) is 2.26. The summed E-state index contributed by atoms with van der Waals surface area (Å²) >= 11 is 0. The summed E-state index contributed by atoms with van der Waals surface area (Å²) in [6, 6.07) is 3.49. The predicted octanol–water partition coefficient (Wildman–Crippen LogP) is 3.11. The molecule has 3 heteroatoms. The van der Waals surface area contributed by atoms with E-state index < -0.39 is 0 Å². The molecule has 92 valence electrons. The first-order valence-corrected chi connectivity index (χ1v) is 5.50. The van der Waals surface area contributed by atoms with Crippen molar-refractivity contribution in [3.63, 3.8) is 0 Å². The molecule has 0 unspecified atom stereocenters. The Morgan fingerprint density at radius 2 is 2.00 bits per heavy atom. The third-order valence-corrected chi connectivity index (χ3v) is 2.53. The van der Waals surface area contributed by atoms with Crippen molar-refractivity contribution in [3.05, 3.63) is 34.9 Å². The minimum Gasteiger partial charge on any atom is -0.507 e. The SMILES string of the molecule is COc1ccc(CC=C(C)C)c(O)c1C(C)=O. The van der Waals surface area contributed by atoms with Gasteiger partial charge in [-0.15, -0.1) is 0 Å². The van der Waals surface area contributed by atoms with E-state index in [1.807, 2.05) is 19.9 Å². The Morgan fingerprint density at radius 3 is 2.47 bits per heavy atom. The standard InChI is InChI=1S/C14H18O3/c1-9(2)5-6-11-7-8-12(17-4)13(10(3)15)14(11)16/h5,7-8,16H,6H2,1-4H3. The van der Waals surface area contributed by atoms with Crippen LogP contribution in [0.2, 0.25) is 0 Å². The third-order valence-electron chi connectivity index (χ3n) is 2.53. The summed E-state index contributed by atoms with van der Waals surface area (Å²) in [5, 5.41) is 10.1. The number of carbonyl (C=O) groups excluding carboxylic acids is 1. The molecule has 0 bridgehead atoms. The van der Waals surface area contributed by atoms with Crippen molar-refractivity contribution in [1.29, 1.82) is 0 Å². The van der Waals surface area contributed by atoms with Gasteiger partial charge in [-0.3, -0.25) is 4.79 Å². The van der Waals surface area contributed by atoms with Crippen molar-refractivity contribution in [3.8, 4) is 11.5 Å². The number of hydrogen-bond acceptors (Lipinski definition) is 3. The Labute approximate surface area is 102 Å². The van der Waals surface area contributed by atoms with Crippen LogP contribution in [0, 0.1) is 0 Å². The zero-order valence-electron chi connectivity index (χ0n) is 10.7. The number of allylic oxidation sites excluding steroid dienone is 2. The zero-order valence-corrected chi connectivity index (χ0v) is 10.7. The number of methoxy groups -OCH3 is 1. The third kappa shape index (κ3) is 3.09. The summed E-state index contributed by atoms with van der Waals surface area (Å²) in [7, 11) is 1.48. The van der Waals surface area contributed by atoms with Crippen molar-refractivity contribution in [1.82, 2.24) is 0 Å². The van der Waals surface area contributed by atoms with E-state index in [1.165, 1.54) is 19.6 Å². The fourth-order valence-electron chi connectivity index (χ4n) is 1.60. The van der Waals surface area contributed by atoms with E-state index in [4.69, 9.17) is 4.74 Å². The number of benzene rings is 1. The molecule has 0 amide bonds. The van der Waals surface area contributed by atoms with Crippen LogP contribution in [0.25, 0.3) is 0 Å². The van der Waals surface area contributed by atoms with Gasteiger partial charge in [0.15, 0.2) is 5.78 Å². The number of ether oxygens (including phenoxy) is 1. The highest BCUT2D eigenvalue weighted by Crippen LogP contribution is 2.32. The topological polar surface area (TPSA) is 46.5 Å². The van der Waals surface area contributed by atoms with Gasteiger partial charge in [0.2, 0.25) is 0 Å². The highest BCUT2D eigenvalue weighted by atomic mass is 16.5. The largest absolute Gasteiger partial charge is 0.507 e. The van der Waals surface area contributed by atoms with Crippen LogP contribution in [-0.4, -0.2) is 18.0 Å². The molecule has 0 fully saturated rings. The fourth-order valence-corrected chi connectivity index (χ4v) is 1.60. The summed E-state index contributed by atoms with van der Waals surface area (Å²) in [5.41, 5.74) is 2.16. The molecule has 0 saturated heterocycles. The van der Waals surface area contributed by atoms with Crippen LogP contribution in [0.15, 0.2) is 23.8 Å². The molecular weight excluding hydrogens is 216 g/mol. The van der Waals surface area contributed by atoms with E-state index in [1.54, 1.807) is 12.1 Å². The van der Waals surface area contributed by atoms with Crippen LogP contribution in [0.3, 0.4) is 0 Å². The number of rotatable bonds is 4. The lowest BCUT2D eigenvalue weighted by Crippen LogP contribution is -2.00. The first-order chi connectivity index (χ1) is 7.97. The molecule has 3 nitrogen and oxygen atoms in total. The van der Waals surface area contributed by atoms with Crippen LogP contribution >= 0.6 is 0 Å². The molecule has 0 aliphatic heterocycles. The number of carbonyl (C=O) groups is 1. The van der Waals surface area contributed by atoms with Crippen molar-refractivity contribution in [2.45, 2.75) is 27.2 Å². The van der Waals surface area contributed by atoms with Gasteiger partial charge in [-0.05, 0) is 38.8 Å². The van der Waals surface area contributed by atoms with Crippen molar-refractivity contribution >= 4 is 5.78 Å². The van der Waals surface area contributed by atoms with Crippen molar-refractivity contribution in [2.75, 3.05) is 7.11 Å². The molecular formula is C14H18O3. The number of aromatic hydroxyl groups is 1. The molecule has 0 atom stereocenters. The van der Waals surface area contributed by atoms with Crippen LogP contribution in [0.4, 0.5) is 0 Å². The Hall–Kier alpha value is -1.77. The number of hydrogen-bond donors (Lipinski definition) is 1. The highest BCUT2D eigenvalue weighted by Gasteiger charge is 2.16. The lowest BCUT2D eigenvalue weighted by atomic mass is 10.0. The molecule has 0 aliphatic carbocycles. The van der Waals surface area contributed by atoms with Crippen LogP contribution in [0.5, 0.6) is 11.5 Å². The lowest BCUT2D eigenvalue weighted by molar-refractivity contribution is 0.101. The van der Waals surface area contributed by atoms with Gasteiger partial charge in [0.05, 0.1) is 7.11 Å². The second kappa shape index (κ2) is 5.53. The monoisotopic (exact) mass is 234 g/mol. The molecule has 1 rings (SSSR count). The minimum absolute atomic E-state index is 0.0225. The molecule has 17 heavy (non-hydrogen) atoms. The van der Waals surface area contributed by atoms with Crippen LogP contribution in [-0.2, 0) is 6.42 Å². The van der Waals surface area contributed by atoms with Gasteiger partial charge in [0, 0.05) is 0 Å². The Bertz CT molecular complexity index is 455. The molecule has 0 saturated carbocycles. The van der Waals surface area contributed by atoms with E-state index in [-0.39, 0.29) is 17.1 Å². The summed E-state index contributed by atoms with van der Waals surface area (Å²) in [5.74, 6) is 0.240. The average molecular weight is 234 g/mol. The minimum atomic E-state index is -0.196. The van der Waals surface area contributed by atoms with E-state index in [9.17, 15) is 9.90 Å². The van der Waals surface area contributed by atoms with E-state index in [0.29, 0.717) is 12.2 Å². The number of phenolic OH excluding ortho intramolecular Hbond substituents is 1. The summed E-state index contributed by atoms with van der Waals surface area (Å²) in [6.07, 6.45) is 2.61. The van der Waals surface area contributed by atoms with Gasteiger partial charge in [0.25, 0.3) is 0 Å². The lowest BCUT2D eigenvalue weighted by Gasteiger charge is -2.11. The number of ketones is 1. The van der Waals surface area contributed by atoms with Gasteiger partial charge in [-0.2, -0.15) is 0 Å². The smallest absolute Gasteiger partial charge is 0.167 e. The fraction of sp³-hybridized carbons (Fsp3) is 0.357. The Balaban J connectivity index is 3.23. The predicted molar refractivity (Wildman–Crippen MR) is 67.8 cm³/mol. The second-order valence-corrected chi connectivity index (χ2v) is 4.19. The molecule has 1 aromatic rings. The molecule has 0 radical (unpaired) electrons. The summed E-state index contributed by atoms with van der Waals surface area (Å²) in [4.78, 5) is 11.5. The summed E-state index contributed by atoms with van der Waals surface area (Å²) in [6.45, 7) is 5.40. The van der Waals surface area contributed by atoms with Crippen LogP contribution in [0.1, 0.15) is 36.7 Å². The highest BCUT2D eigenvalue weighted by molar-refractivity contribution is 6.00. The Kier molecular flexibility index (Phi) is 4.32. The molecule has 0 spiro atoms. The Morgan fingerprint density at radius 1 is 1.35 bits per heavy atom. The quantitative estimate of drug-likeness (QED) is 0.643. The van der Waals surface area contributed by atoms with Gasteiger partial charge in [0.1, 0.15) is 17.1 Å².